The van der Waals surface area contributed by atoms with Gasteiger partial charge in [-0.3, -0.25) is 0 Å². The molecule has 5 heteroatoms. The van der Waals surface area contributed by atoms with Crippen LogP contribution in [0.2, 0.25) is 0 Å². The van der Waals surface area contributed by atoms with Crippen LogP contribution in [0.1, 0.15) is 31.2 Å². The molecule has 1 aliphatic heterocycles. The van der Waals surface area contributed by atoms with Gasteiger partial charge in [-0.15, -0.1) is 0 Å². The van der Waals surface area contributed by atoms with Gasteiger partial charge in [0.25, 0.3) is 0 Å². The second-order valence-corrected chi connectivity index (χ2v) is 5.09. The van der Waals surface area contributed by atoms with Gasteiger partial charge in [0.1, 0.15) is 17.5 Å². The molecule has 1 fully saturated rings. The Morgan fingerprint density at radius 3 is 2.68 bits per heavy atom. The summed E-state index contributed by atoms with van der Waals surface area (Å²) in [5.41, 5.74) is 1.07. The summed E-state index contributed by atoms with van der Waals surface area (Å²) in [5, 5.41) is 6.57. The van der Waals surface area contributed by atoms with Crippen LogP contribution in [-0.2, 0) is 4.74 Å². The van der Waals surface area contributed by atoms with Gasteiger partial charge < -0.3 is 15.4 Å². The zero-order valence-corrected chi connectivity index (χ0v) is 12.3. The van der Waals surface area contributed by atoms with E-state index in [2.05, 4.69) is 27.5 Å². The van der Waals surface area contributed by atoms with Gasteiger partial charge in [-0.1, -0.05) is 6.92 Å². The Morgan fingerprint density at radius 2 is 2.00 bits per heavy atom. The van der Waals surface area contributed by atoms with Crippen molar-refractivity contribution in [1.82, 2.24) is 9.97 Å². The van der Waals surface area contributed by atoms with Crippen LogP contribution in [0.4, 0.5) is 11.6 Å². The van der Waals surface area contributed by atoms with E-state index in [9.17, 15) is 0 Å². The average Bonchev–Trinajstić information content (AvgIpc) is 2.86. The molecule has 1 aliphatic rings. The minimum atomic E-state index is 0.388. The third kappa shape index (κ3) is 3.15. The zero-order chi connectivity index (χ0) is 13.8. The van der Waals surface area contributed by atoms with Crippen molar-refractivity contribution in [2.24, 2.45) is 5.92 Å². The SMILES string of the molecule is CCC1OCCC1CNc1nc(C)nc(NC)c1C. The molecule has 0 spiro atoms. The summed E-state index contributed by atoms with van der Waals surface area (Å²) >= 11 is 0. The summed E-state index contributed by atoms with van der Waals surface area (Å²) in [4.78, 5) is 8.87. The van der Waals surface area contributed by atoms with Crippen LogP contribution >= 0.6 is 0 Å². The first-order chi connectivity index (χ1) is 9.15. The van der Waals surface area contributed by atoms with Crippen molar-refractivity contribution in [3.05, 3.63) is 11.4 Å². The average molecular weight is 264 g/mol. The van der Waals surface area contributed by atoms with Gasteiger partial charge in [-0.2, -0.15) is 0 Å². The first-order valence-electron chi connectivity index (χ1n) is 7.04. The van der Waals surface area contributed by atoms with Gasteiger partial charge in [0.2, 0.25) is 0 Å². The Hall–Kier alpha value is -1.36. The Balaban J connectivity index is 2.05. The number of hydrogen-bond donors (Lipinski definition) is 2. The number of rotatable bonds is 5. The predicted octanol–water partition coefficient (Wildman–Crippen LogP) is 2.36. The van der Waals surface area contributed by atoms with E-state index in [0.29, 0.717) is 12.0 Å². The predicted molar refractivity (Wildman–Crippen MR) is 77.7 cm³/mol. The molecule has 0 amide bonds. The highest BCUT2D eigenvalue weighted by atomic mass is 16.5. The normalized spacial score (nSPS) is 22.5. The highest BCUT2D eigenvalue weighted by Gasteiger charge is 2.26. The van der Waals surface area contributed by atoms with Crippen molar-refractivity contribution in [1.29, 1.82) is 0 Å². The van der Waals surface area contributed by atoms with Gasteiger partial charge >= 0.3 is 0 Å². The Bertz CT molecular complexity index is 436. The number of nitrogens with zero attached hydrogens (tertiary/aromatic N) is 2. The van der Waals surface area contributed by atoms with Gasteiger partial charge in [0.15, 0.2) is 0 Å². The standard InChI is InChI=1S/C14H24N4O/c1-5-12-11(6-7-19-12)8-16-14-9(2)13(15-4)17-10(3)18-14/h11-12H,5-8H2,1-4H3,(H2,15,16,17,18). The number of ether oxygens (including phenoxy) is 1. The van der Waals surface area contributed by atoms with Crippen LogP contribution in [0, 0.1) is 19.8 Å². The smallest absolute Gasteiger partial charge is 0.134 e. The van der Waals surface area contributed by atoms with Crippen LogP contribution in [0.5, 0.6) is 0 Å². The summed E-state index contributed by atoms with van der Waals surface area (Å²) in [6.45, 7) is 7.94. The zero-order valence-electron chi connectivity index (χ0n) is 12.3. The lowest BCUT2D eigenvalue weighted by Crippen LogP contribution is -2.23. The molecule has 0 radical (unpaired) electrons. The van der Waals surface area contributed by atoms with Gasteiger partial charge in [0.05, 0.1) is 6.10 Å². The second-order valence-electron chi connectivity index (χ2n) is 5.09. The molecule has 0 bridgehead atoms. The summed E-state index contributed by atoms with van der Waals surface area (Å²) in [7, 11) is 1.89. The third-order valence-electron chi connectivity index (χ3n) is 3.77. The maximum absolute atomic E-state index is 5.72. The Labute approximate surface area is 115 Å². The molecular formula is C14H24N4O. The van der Waals surface area contributed by atoms with E-state index in [4.69, 9.17) is 4.74 Å². The number of nitrogens with one attached hydrogen (secondary N) is 2. The number of hydrogen-bond acceptors (Lipinski definition) is 5. The van der Waals surface area contributed by atoms with Gasteiger partial charge in [-0.05, 0) is 26.7 Å². The molecule has 1 aromatic rings. The van der Waals surface area contributed by atoms with Crippen LogP contribution in [-0.4, -0.2) is 36.3 Å². The summed E-state index contributed by atoms with van der Waals surface area (Å²) in [6.07, 6.45) is 2.60. The first-order valence-corrected chi connectivity index (χ1v) is 7.04. The maximum atomic E-state index is 5.72. The van der Waals surface area contributed by atoms with Crippen LogP contribution in [0.25, 0.3) is 0 Å². The van der Waals surface area contributed by atoms with Crippen molar-refractivity contribution in [3.63, 3.8) is 0 Å². The van der Waals surface area contributed by atoms with E-state index < -0.39 is 0 Å². The fourth-order valence-electron chi connectivity index (χ4n) is 2.65. The fourth-order valence-corrected chi connectivity index (χ4v) is 2.65. The molecule has 2 heterocycles. The highest BCUT2D eigenvalue weighted by Crippen LogP contribution is 2.25. The summed E-state index contributed by atoms with van der Waals surface area (Å²) in [5.74, 6) is 3.19. The van der Waals surface area contributed by atoms with E-state index >= 15 is 0 Å². The largest absolute Gasteiger partial charge is 0.378 e. The minimum Gasteiger partial charge on any atom is -0.378 e. The van der Waals surface area contributed by atoms with Crippen molar-refractivity contribution in [2.75, 3.05) is 30.8 Å². The molecule has 1 aromatic heterocycles. The number of aryl methyl sites for hydroxylation is 1. The second kappa shape index (κ2) is 6.19. The summed E-state index contributed by atoms with van der Waals surface area (Å²) < 4.78 is 5.72. The lowest BCUT2D eigenvalue weighted by molar-refractivity contribution is 0.0900. The third-order valence-corrected chi connectivity index (χ3v) is 3.77. The maximum Gasteiger partial charge on any atom is 0.134 e. The van der Waals surface area contributed by atoms with Crippen LogP contribution in [0.3, 0.4) is 0 Å². The van der Waals surface area contributed by atoms with E-state index in [0.717, 1.165) is 49.0 Å². The van der Waals surface area contributed by atoms with E-state index in [1.165, 1.54) is 0 Å². The first kappa shape index (κ1) is 14.1. The molecule has 0 aliphatic carbocycles. The highest BCUT2D eigenvalue weighted by molar-refractivity contribution is 5.56. The van der Waals surface area contributed by atoms with E-state index in [1.807, 2.05) is 20.9 Å². The molecule has 19 heavy (non-hydrogen) atoms. The van der Waals surface area contributed by atoms with Gasteiger partial charge in [-0.25, -0.2) is 9.97 Å². The molecule has 2 N–H and O–H groups in total. The summed E-state index contributed by atoms with van der Waals surface area (Å²) in [6, 6.07) is 0. The number of anilines is 2. The Kier molecular flexibility index (Phi) is 4.58. The molecule has 2 rings (SSSR count). The topological polar surface area (TPSA) is 59.1 Å². The lowest BCUT2D eigenvalue weighted by atomic mass is 10.00. The monoisotopic (exact) mass is 264 g/mol. The molecule has 5 nitrogen and oxygen atoms in total. The van der Waals surface area contributed by atoms with Crippen molar-refractivity contribution >= 4 is 11.6 Å². The van der Waals surface area contributed by atoms with E-state index in [-0.39, 0.29) is 0 Å². The van der Waals surface area contributed by atoms with Gasteiger partial charge in [0, 0.05) is 31.7 Å². The molecule has 1 saturated heterocycles. The van der Waals surface area contributed by atoms with Crippen LogP contribution in [0.15, 0.2) is 0 Å². The number of aromatic nitrogens is 2. The van der Waals surface area contributed by atoms with Crippen molar-refractivity contribution in [2.45, 2.75) is 39.7 Å². The molecule has 0 aromatic carbocycles. The Morgan fingerprint density at radius 1 is 1.26 bits per heavy atom. The van der Waals surface area contributed by atoms with Crippen molar-refractivity contribution < 1.29 is 4.74 Å². The lowest BCUT2D eigenvalue weighted by Gasteiger charge is -2.19. The van der Waals surface area contributed by atoms with Crippen molar-refractivity contribution in [3.8, 4) is 0 Å². The molecule has 2 unspecified atom stereocenters. The molecular weight excluding hydrogens is 240 g/mol. The fraction of sp³-hybridized carbons (Fsp3) is 0.714. The molecule has 2 atom stereocenters. The molecule has 0 saturated carbocycles. The van der Waals surface area contributed by atoms with Crippen LogP contribution < -0.4 is 10.6 Å². The minimum absolute atomic E-state index is 0.388. The van der Waals surface area contributed by atoms with E-state index in [1.54, 1.807) is 0 Å². The molecule has 106 valence electrons. The quantitative estimate of drug-likeness (QED) is 0.855.